The van der Waals surface area contributed by atoms with Crippen LogP contribution in [0.1, 0.15) is 28.9 Å². The zero-order chi connectivity index (χ0) is 28.0. The van der Waals surface area contributed by atoms with E-state index < -0.39 is 27.2 Å². The molecule has 2 aromatic carbocycles. The third kappa shape index (κ3) is 7.32. The zero-order valence-electron chi connectivity index (χ0n) is 20.9. The van der Waals surface area contributed by atoms with Crippen molar-refractivity contribution in [3.8, 4) is 5.75 Å². The second kappa shape index (κ2) is 11.9. The van der Waals surface area contributed by atoms with Gasteiger partial charge in [0.15, 0.2) is 0 Å². The standard InChI is InChI=1S/C27H25F2N6O3S/c1-39(37,38)12-4-5-17-15-33-27(35-26(17)34-18-8-10-31-11-9-18)25(30)20-6-2-3-7-24(20)32-16-21-22(28)13-19(36)14-23(21)29/h2-3,6-11,13-15,32,36H,4-5,12,16H2,1H3,(H,31,33,34,35)/q-1. The molecule has 39 heavy (non-hydrogen) atoms. The molecule has 3 N–H and O–H groups in total. The molecule has 9 nitrogen and oxygen atoms in total. The van der Waals surface area contributed by atoms with Crippen LogP contribution in [0.25, 0.3) is 5.41 Å². The highest BCUT2D eigenvalue weighted by Gasteiger charge is 2.14. The molecule has 0 amide bonds. The third-order valence-corrected chi connectivity index (χ3v) is 6.77. The fraction of sp³-hybridized carbons (Fsp3) is 0.185. The van der Waals surface area contributed by atoms with Crippen LogP contribution in [0.4, 0.5) is 26.0 Å². The first-order valence-electron chi connectivity index (χ1n) is 11.9. The summed E-state index contributed by atoms with van der Waals surface area (Å²) in [6.45, 7) is -0.253. The Kier molecular flexibility index (Phi) is 8.45. The van der Waals surface area contributed by atoms with Gasteiger partial charge in [-0.05, 0) is 36.6 Å². The summed E-state index contributed by atoms with van der Waals surface area (Å²) in [5.41, 5.74) is 1.42. The van der Waals surface area contributed by atoms with Gasteiger partial charge in [0.2, 0.25) is 0 Å². The van der Waals surface area contributed by atoms with E-state index in [0.29, 0.717) is 35.6 Å². The minimum atomic E-state index is -3.14. The normalized spacial score (nSPS) is 11.3. The molecule has 0 aliphatic carbocycles. The van der Waals surface area contributed by atoms with Crippen molar-refractivity contribution in [3.05, 3.63) is 107 Å². The summed E-state index contributed by atoms with van der Waals surface area (Å²) in [6.07, 6.45) is 6.62. The van der Waals surface area contributed by atoms with E-state index in [9.17, 15) is 27.7 Å². The number of hydrogen-bond donors (Lipinski definition) is 3. The molecule has 0 atom stereocenters. The van der Waals surface area contributed by atoms with Crippen molar-refractivity contribution in [3.63, 3.8) is 0 Å². The van der Waals surface area contributed by atoms with Crippen molar-refractivity contribution in [1.82, 2.24) is 15.0 Å². The minimum Gasteiger partial charge on any atom is -0.800 e. The highest BCUT2D eigenvalue weighted by molar-refractivity contribution is 7.90. The number of nitrogens with one attached hydrogen (secondary N) is 2. The van der Waals surface area contributed by atoms with Crippen LogP contribution in [0.15, 0.2) is 67.1 Å². The maximum atomic E-state index is 14.2. The summed E-state index contributed by atoms with van der Waals surface area (Å²) in [4.78, 5) is 12.8. The van der Waals surface area contributed by atoms with E-state index in [4.69, 9.17) is 0 Å². The molecule has 0 spiro atoms. The van der Waals surface area contributed by atoms with Crippen LogP contribution in [-0.2, 0) is 22.8 Å². The smallest absolute Gasteiger partial charge is 0.147 e. The molecule has 4 rings (SSSR count). The summed E-state index contributed by atoms with van der Waals surface area (Å²) in [5, 5.41) is 26.6. The van der Waals surface area contributed by atoms with Gasteiger partial charge in [0, 0.05) is 66.0 Å². The maximum absolute atomic E-state index is 14.2. The lowest BCUT2D eigenvalue weighted by molar-refractivity contribution is 0.457. The SMILES string of the molecule is CS(=O)(=O)CCCc1cnc(C(=[N-])c2ccccc2NCc2c(F)cc(O)cc2F)nc1Nc1ccncc1. The largest absolute Gasteiger partial charge is 0.800 e. The number of hydrogen-bond acceptors (Lipinski definition) is 8. The molecular weight excluding hydrogens is 526 g/mol. The quantitative estimate of drug-likeness (QED) is 0.230. The number of phenolic OH excluding ortho intramolecular Hbond substituents is 1. The van der Waals surface area contributed by atoms with Crippen LogP contribution in [0, 0.1) is 11.6 Å². The lowest BCUT2D eigenvalue weighted by atomic mass is 10.1. The van der Waals surface area contributed by atoms with Crippen molar-refractivity contribution in [2.24, 2.45) is 0 Å². The van der Waals surface area contributed by atoms with E-state index in [2.05, 4.69) is 25.6 Å². The number of sulfone groups is 1. The van der Waals surface area contributed by atoms with Gasteiger partial charge in [0.25, 0.3) is 0 Å². The predicted molar refractivity (Wildman–Crippen MR) is 146 cm³/mol. The van der Waals surface area contributed by atoms with Gasteiger partial charge < -0.3 is 21.1 Å². The summed E-state index contributed by atoms with van der Waals surface area (Å²) in [5.74, 6) is -1.98. The summed E-state index contributed by atoms with van der Waals surface area (Å²) >= 11 is 0. The molecule has 0 bridgehead atoms. The summed E-state index contributed by atoms with van der Waals surface area (Å²) in [6, 6.07) is 11.7. The van der Waals surface area contributed by atoms with E-state index in [0.717, 1.165) is 12.1 Å². The van der Waals surface area contributed by atoms with E-state index in [1.54, 1.807) is 48.8 Å². The molecule has 4 aromatic rings. The molecule has 0 aliphatic heterocycles. The summed E-state index contributed by atoms with van der Waals surface area (Å²) in [7, 11) is -3.14. The molecule has 0 saturated heterocycles. The number of phenols is 1. The molecule has 0 unspecified atom stereocenters. The number of nitrogens with zero attached hydrogens (tertiary/aromatic N) is 4. The van der Waals surface area contributed by atoms with Crippen molar-refractivity contribution < 1.29 is 22.3 Å². The van der Waals surface area contributed by atoms with Crippen LogP contribution >= 0.6 is 0 Å². The van der Waals surface area contributed by atoms with E-state index in [1.807, 2.05) is 0 Å². The first-order valence-corrected chi connectivity index (χ1v) is 13.9. The fourth-order valence-corrected chi connectivity index (χ4v) is 4.48. The third-order valence-electron chi connectivity index (χ3n) is 5.74. The molecule has 0 saturated carbocycles. The number of halogens is 2. The first-order chi connectivity index (χ1) is 18.6. The molecule has 2 aromatic heterocycles. The second-order valence-corrected chi connectivity index (χ2v) is 11.1. The summed E-state index contributed by atoms with van der Waals surface area (Å²) < 4.78 is 51.5. The van der Waals surface area contributed by atoms with Crippen LogP contribution in [0.2, 0.25) is 0 Å². The van der Waals surface area contributed by atoms with Crippen molar-refractivity contribution >= 4 is 32.7 Å². The molecular formula is C27H25F2N6O3S-. The van der Waals surface area contributed by atoms with Gasteiger partial charge in [-0.3, -0.25) is 4.98 Å². The predicted octanol–water partition coefficient (Wildman–Crippen LogP) is 4.60. The van der Waals surface area contributed by atoms with Gasteiger partial charge in [-0.15, -0.1) is 5.71 Å². The van der Waals surface area contributed by atoms with E-state index in [-0.39, 0.29) is 35.0 Å². The Morgan fingerprint density at radius 1 is 1.08 bits per heavy atom. The average Bonchev–Trinajstić information content (AvgIpc) is 2.88. The molecule has 0 fully saturated rings. The minimum absolute atomic E-state index is 0.00207. The van der Waals surface area contributed by atoms with Gasteiger partial charge in [-0.25, -0.2) is 27.2 Å². The van der Waals surface area contributed by atoms with Crippen LogP contribution < -0.4 is 10.6 Å². The highest BCUT2D eigenvalue weighted by Crippen LogP contribution is 2.25. The van der Waals surface area contributed by atoms with Crippen LogP contribution in [-0.4, -0.2) is 46.2 Å². The zero-order valence-corrected chi connectivity index (χ0v) is 21.7. The number of aromatic hydroxyl groups is 1. The monoisotopic (exact) mass is 551 g/mol. The number of benzene rings is 2. The van der Waals surface area contributed by atoms with Crippen molar-refractivity contribution in [2.45, 2.75) is 19.4 Å². The van der Waals surface area contributed by atoms with E-state index in [1.165, 1.54) is 12.5 Å². The van der Waals surface area contributed by atoms with Gasteiger partial charge >= 0.3 is 0 Å². The number of aryl methyl sites for hydroxylation is 1. The molecule has 0 radical (unpaired) electrons. The average molecular weight is 552 g/mol. The number of pyridine rings is 1. The highest BCUT2D eigenvalue weighted by atomic mass is 32.2. The molecule has 0 aliphatic rings. The molecule has 2 heterocycles. The first kappa shape index (κ1) is 27.6. The lowest BCUT2D eigenvalue weighted by Crippen LogP contribution is -2.14. The molecule has 202 valence electrons. The Hall–Kier alpha value is -4.45. The Balaban J connectivity index is 1.61. The van der Waals surface area contributed by atoms with Gasteiger partial charge in [-0.2, -0.15) is 0 Å². The van der Waals surface area contributed by atoms with Gasteiger partial charge in [0.05, 0.1) is 5.75 Å². The molecule has 12 heteroatoms. The van der Waals surface area contributed by atoms with Gasteiger partial charge in [0.1, 0.15) is 38.9 Å². The fourth-order valence-electron chi connectivity index (χ4n) is 3.82. The topological polar surface area (TPSA) is 139 Å². The Morgan fingerprint density at radius 2 is 1.77 bits per heavy atom. The number of para-hydroxylation sites is 1. The van der Waals surface area contributed by atoms with E-state index >= 15 is 0 Å². The maximum Gasteiger partial charge on any atom is 0.147 e. The Morgan fingerprint density at radius 3 is 2.46 bits per heavy atom. The van der Waals surface area contributed by atoms with Crippen molar-refractivity contribution in [1.29, 1.82) is 0 Å². The number of rotatable bonds is 11. The van der Waals surface area contributed by atoms with Crippen molar-refractivity contribution in [2.75, 3.05) is 22.6 Å². The Bertz CT molecular complexity index is 1580. The number of aromatic nitrogens is 3. The van der Waals surface area contributed by atoms with Crippen LogP contribution in [0.5, 0.6) is 5.75 Å². The lowest BCUT2D eigenvalue weighted by Gasteiger charge is -2.19. The second-order valence-electron chi connectivity index (χ2n) is 8.80. The Labute approximate surface area is 224 Å². The number of anilines is 3. The van der Waals surface area contributed by atoms with Crippen LogP contribution in [0.3, 0.4) is 0 Å². The van der Waals surface area contributed by atoms with Gasteiger partial charge in [-0.1, -0.05) is 18.2 Å².